The molecule has 3 radical (unpaired) electrons. The van der Waals surface area contributed by atoms with E-state index >= 15 is 0 Å². The molecule has 0 bridgehead atoms. The van der Waals surface area contributed by atoms with Gasteiger partial charge in [0, 0.05) is 9.84 Å². The molecule has 0 aliphatic rings. The first-order valence-electron chi connectivity index (χ1n) is 3.49. The van der Waals surface area contributed by atoms with Gasteiger partial charge in [-0.15, -0.1) is 0 Å². The van der Waals surface area contributed by atoms with E-state index in [-0.39, 0.29) is 49.0 Å². The summed E-state index contributed by atoms with van der Waals surface area (Å²) in [7, 11) is 1.09. The molecule has 109 valence electrons. The van der Waals surface area contributed by atoms with Gasteiger partial charge in [-0.3, -0.25) is 14.7 Å². The van der Waals surface area contributed by atoms with Gasteiger partial charge < -0.3 is 7.85 Å². The predicted molar refractivity (Wildman–Crippen MR) is 54.7 cm³/mol. The van der Waals surface area contributed by atoms with Crippen LogP contribution < -0.4 is 37.7 Å². The molecule has 0 spiro atoms. The third kappa shape index (κ3) is 42.9. The van der Waals surface area contributed by atoms with Crippen LogP contribution in [0.1, 0.15) is 2.85 Å². The molecule has 16 heteroatoms. The van der Waals surface area contributed by atoms with Crippen LogP contribution in [0.15, 0.2) is 18.5 Å². The van der Waals surface area contributed by atoms with Crippen molar-refractivity contribution >= 4 is 15.5 Å². The van der Waals surface area contributed by atoms with E-state index in [2.05, 4.69) is 55.5 Å². The first-order valence-corrected chi connectivity index (χ1v) is 3.49. The van der Waals surface area contributed by atoms with E-state index in [1.165, 1.54) is 18.3 Å². The van der Waals surface area contributed by atoms with Gasteiger partial charge in [-0.25, -0.2) is 5.26 Å². The van der Waals surface area contributed by atoms with Gasteiger partial charge in [0.1, 0.15) is 5.04 Å². The molecule has 0 aromatic carbocycles. The molecule has 0 saturated carbocycles. The summed E-state index contributed by atoms with van der Waals surface area (Å²) in [4.78, 5) is 9.76. The number of hydrogen-bond donors (Lipinski definition) is 2. The van der Waals surface area contributed by atoms with Gasteiger partial charge in [0.25, 0.3) is 0 Å². The molecule has 4 N–H and O–H groups in total. The summed E-state index contributed by atoms with van der Waals surface area (Å²) in [6.07, 6.45) is 12.4. The third-order valence-electron chi connectivity index (χ3n) is 0.551. The summed E-state index contributed by atoms with van der Waals surface area (Å²) in [5, 5.41) is 26.9. The fraction of sp³-hybridized carbons (Fsp3) is 0. The van der Waals surface area contributed by atoms with Gasteiger partial charge in [-0.2, -0.15) is 10.5 Å². The fourth-order valence-corrected chi connectivity index (χ4v) is 0.210. The fourth-order valence-electron chi connectivity index (χ4n) is 0.210. The minimum absolute atomic E-state index is 0. The van der Waals surface area contributed by atoms with Crippen molar-refractivity contribution in [3.05, 3.63) is 18.6 Å². The van der Waals surface area contributed by atoms with Crippen LogP contribution in [0, 0.1) is 37.0 Å². The summed E-state index contributed by atoms with van der Waals surface area (Å²) >= 11 is 0. The van der Waals surface area contributed by atoms with Crippen molar-refractivity contribution in [2.24, 2.45) is 0 Å². The molecule has 0 aliphatic carbocycles. The van der Waals surface area contributed by atoms with Crippen molar-refractivity contribution < 1.29 is 99.6 Å². The van der Waals surface area contributed by atoms with Crippen molar-refractivity contribution in [3.8, 4) is 18.3 Å². The van der Waals surface area contributed by atoms with Crippen molar-refractivity contribution in [3.63, 3.8) is 0 Å². The monoisotopic (exact) mass is 307 g/mol. The van der Waals surface area contributed by atoms with E-state index in [4.69, 9.17) is 22.2 Å². The Labute approximate surface area is 152 Å². The molecule has 0 saturated heterocycles. The van der Waals surface area contributed by atoms with E-state index in [0.29, 0.717) is 0 Å². The standard InChI is InChI=1S/C2BO4.C2H2O4.C2HO4.B.2Li.H2.H/c1-2-4-6-7-5-3-1;3-5-1-2-6-4;1-2-4-6-5-3;;;;;/h;3-4H;3H;;;;1H;/q+1;;-1;;2*+1;;-1/p+1. The second-order valence-electron chi connectivity index (χ2n) is 1.40. The van der Waals surface area contributed by atoms with Gasteiger partial charge in [0.05, 0.1) is 5.04 Å². The van der Waals surface area contributed by atoms with Crippen LogP contribution in [0.4, 0.5) is 0 Å². The molecule has 0 atom stereocenters. The number of hydrogen-bond acceptors (Lipinski definition) is 10. The van der Waals surface area contributed by atoms with Gasteiger partial charge in [-0.1, -0.05) is 6.11 Å². The Hall–Kier alpha value is -1.60. The Bertz CT molecular complexity index is 351. The molecular formula is C6H7B2Li2O12+2. The first-order chi connectivity index (χ1) is 9.33. The second kappa shape index (κ2) is 36.6. The molecule has 1 aromatic rings. The molecular weight excluding hydrogens is 300 g/mol. The summed E-state index contributed by atoms with van der Waals surface area (Å²) in [6, 6.07) is 0. The van der Waals surface area contributed by atoms with Crippen LogP contribution in [0.25, 0.3) is 0 Å². The molecule has 12 nitrogen and oxygen atoms in total. The maximum absolute atomic E-state index is 7.33. The second-order valence-corrected chi connectivity index (χ2v) is 1.40. The molecule has 22 heavy (non-hydrogen) atoms. The first kappa shape index (κ1) is 32.4. The Morgan fingerprint density at radius 2 is 1.91 bits per heavy atom. The van der Waals surface area contributed by atoms with Crippen molar-refractivity contribution in [1.82, 2.24) is 0 Å². The summed E-state index contributed by atoms with van der Waals surface area (Å²) < 4.78 is 15.6. The topological polar surface area (TPSA) is 160 Å². The van der Waals surface area contributed by atoms with Gasteiger partial charge in [0.15, 0.2) is 0 Å². The maximum atomic E-state index is 7.33. The average molecular weight is 307 g/mol. The zero-order valence-corrected chi connectivity index (χ0v) is 11.2. The van der Waals surface area contributed by atoms with Crippen LogP contribution in [-0.2, 0) is 24.7 Å². The van der Waals surface area contributed by atoms with E-state index in [0.717, 1.165) is 7.13 Å². The summed E-state index contributed by atoms with van der Waals surface area (Å²) in [5.74, 6) is 2.28. The minimum atomic E-state index is 0. The van der Waals surface area contributed by atoms with E-state index in [1.807, 2.05) is 0 Å². The van der Waals surface area contributed by atoms with E-state index < -0.39 is 0 Å². The van der Waals surface area contributed by atoms with Crippen LogP contribution in [0.3, 0.4) is 0 Å². The van der Waals surface area contributed by atoms with Gasteiger partial charge in [0.2, 0.25) is 12.2 Å². The molecule has 1 rings (SSSR count). The van der Waals surface area contributed by atoms with Crippen molar-refractivity contribution in [2.45, 2.75) is 0 Å². The molecule has 1 heterocycles. The molecule has 0 aliphatic heterocycles. The average Bonchev–Trinajstić information content (AvgIpc) is 2.76. The van der Waals surface area contributed by atoms with Crippen LogP contribution in [0.2, 0.25) is 0 Å². The normalized spacial score (nSPS) is 5.18. The Kier molecular flexibility index (Phi) is 53.8. The van der Waals surface area contributed by atoms with E-state index in [1.54, 1.807) is 0 Å². The van der Waals surface area contributed by atoms with Gasteiger partial charge in [-0.05, 0) is 0 Å². The summed E-state index contributed by atoms with van der Waals surface area (Å²) in [6.45, 7) is 0. The molecule has 0 unspecified atom stereocenters. The SMILES string of the molecule is OOC#COO.[B].[C-]#COOO[OH2+].[H-].[HH].[Li+].[Li+].b1c#cooo[o+]1. The zero-order chi connectivity index (χ0) is 14.6. The van der Waals surface area contributed by atoms with Crippen molar-refractivity contribution in [1.29, 1.82) is 0 Å². The van der Waals surface area contributed by atoms with E-state index in [9.17, 15) is 0 Å². The van der Waals surface area contributed by atoms with Crippen molar-refractivity contribution in [2.75, 3.05) is 0 Å². The Morgan fingerprint density at radius 1 is 1.32 bits per heavy atom. The quantitative estimate of drug-likeness (QED) is 0.102. The Balaban J connectivity index is -0.0000000329. The molecule has 1 aromatic heterocycles. The van der Waals surface area contributed by atoms with Crippen LogP contribution in [0.5, 0.6) is 0 Å². The van der Waals surface area contributed by atoms with Crippen LogP contribution >= 0.6 is 0 Å². The Morgan fingerprint density at radius 3 is 2.32 bits per heavy atom. The molecule has 0 fully saturated rings. The molecule has 0 amide bonds. The zero-order valence-electron chi connectivity index (χ0n) is 12.2. The van der Waals surface area contributed by atoms with Gasteiger partial charge >= 0.3 is 75.6 Å². The third-order valence-corrected chi connectivity index (χ3v) is 0.551. The number of rotatable bonds is 2. The predicted octanol–water partition coefficient (Wildman–Crippen LogP) is -6.67. The van der Waals surface area contributed by atoms with Crippen LogP contribution in [-0.4, -0.2) is 31.3 Å². The summed E-state index contributed by atoms with van der Waals surface area (Å²) in [5.41, 5.74) is 0.